The molecule has 2 unspecified atom stereocenters. The Morgan fingerprint density at radius 1 is 0.390 bits per heavy atom. The molecule has 7 heteroatoms. The van der Waals surface area contributed by atoms with Gasteiger partial charge in [0, 0.05) is 0 Å². The number of hydrogen-bond acceptors (Lipinski definition) is 5. The number of rotatable bonds is 32. The third kappa shape index (κ3) is 17.6. The molecular weight excluding hydrogens is 737 g/mol. The van der Waals surface area contributed by atoms with Crippen LogP contribution in [0.25, 0.3) is 0 Å². The second-order valence-electron chi connectivity index (χ2n) is 15.9. The Balaban J connectivity index is 1.42. The van der Waals surface area contributed by atoms with Crippen LogP contribution in [0, 0.1) is 0 Å². The number of benzene rings is 4. The summed E-state index contributed by atoms with van der Waals surface area (Å²) in [5.41, 5.74) is 3.72. The summed E-state index contributed by atoms with van der Waals surface area (Å²) in [6, 6.07) is 29.4. The van der Waals surface area contributed by atoms with Crippen molar-refractivity contribution in [1.82, 2.24) is 0 Å². The highest BCUT2D eigenvalue weighted by atomic mass is 16.5. The molecule has 320 valence electrons. The number of ether oxygens (including phenoxy) is 3. The topological polar surface area (TPSA) is 102 Å². The van der Waals surface area contributed by atoms with E-state index in [0.29, 0.717) is 13.2 Å². The molecule has 0 saturated heterocycles. The average Bonchev–Trinajstić information content (AvgIpc) is 3.26. The smallest absolute Gasteiger partial charge is 0.335 e. The van der Waals surface area contributed by atoms with Gasteiger partial charge in [-0.2, -0.15) is 0 Å². The lowest BCUT2D eigenvalue weighted by Gasteiger charge is -2.27. The molecule has 7 nitrogen and oxygen atoms in total. The molecule has 2 N–H and O–H groups in total. The van der Waals surface area contributed by atoms with E-state index in [1.807, 2.05) is 48.5 Å². The van der Waals surface area contributed by atoms with Crippen LogP contribution in [0.1, 0.15) is 197 Å². The van der Waals surface area contributed by atoms with Gasteiger partial charge in [-0.05, 0) is 83.6 Å². The van der Waals surface area contributed by atoms with Crippen LogP contribution in [-0.4, -0.2) is 35.4 Å². The van der Waals surface area contributed by atoms with E-state index in [1.165, 1.54) is 103 Å². The van der Waals surface area contributed by atoms with E-state index < -0.39 is 24.1 Å². The van der Waals surface area contributed by atoms with Crippen LogP contribution in [0.3, 0.4) is 0 Å². The van der Waals surface area contributed by atoms with Gasteiger partial charge in [0.2, 0.25) is 0 Å². The van der Waals surface area contributed by atoms with Crippen LogP contribution in [0.2, 0.25) is 0 Å². The fourth-order valence-electron chi connectivity index (χ4n) is 7.47. The lowest BCUT2D eigenvalue weighted by atomic mass is 9.96. The van der Waals surface area contributed by atoms with Gasteiger partial charge in [-0.25, -0.2) is 9.59 Å². The summed E-state index contributed by atoms with van der Waals surface area (Å²) in [6.45, 7) is 5.85. The number of carboxylic acid groups (broad SMARTS) is 2. The number of carbonyl (C=O) groups is 2. The largest absolute Gasteiger partial charge is 0.494 e. The summed E-state index contributed by atoms with van der Waals surface area (Å²) in [6.07, 6.45) is 24.3. The number of unbranched alkanes of at least 4 members (excludes halogenated alkanes) is 18. The minimum atomic E-state index is -0.996. The van der Waals surface area contributed by atoms with Crippen LogP contribution in [0.4, 0.5) is 0 Å². The number of carboxylic acids is 2. The Morgan fingerprint density at radius 2 is 0.644 bits per heavy atom. The van der Waals surface area contributed by atoms with Crippen LogP contribution < -0.4 is 9.47 Å². The fourth-order valence-corrected chi connectivity index (χ4v) is 7.47. The Bertz CT molecular complexity index is 1590. The highest BCUT2D eigenvalue weighted by Crippen LogP contribution is 2.37. The van der Waals surface area contributed by atoms with Gasteiger partial charge in [0.15, 0.2) is 0 Å². The monoisotopic (exact) mass is 807 g/mol. The lowest BCUT2D eigenvalue weighted by molar-refractivity contribution is 0.0307. The number of hydrogen-bond donors (Lipinski definition) is 2. The van der Waals surface area contributed by atoms with E-state index >= 15 is 0 Å². The molecule has 0 aliphatic carbocycles. The highest BCUT2D eigenvalue weighted by molar-refractivity contribution is 5.88. The van der Waals surface area contributed by atoms with Crippen LogP contribution in [-0.2, 0) is 4.74 Å². The van der Waals surface area contributed by atoms with Crippen LogP contribution in [0.5, 0.6) is 11.5 Å². The molecule has 59 heavy (non-hydrogen) atoms. The van der Waals surface area contributed by atoms with Gasteiger partial charge in [-0.3, -0.25) is 0 Å². The van der Waals surface area contributed by atoms with Gasteiger partial charge >= 0.3 is 11.9 Å². The Labute approximate surface area is 354 Å². The quantitative estimate of drug-likeness (QED) is 0.0474. The maximum Gasteiger partial charge on any atom is 0.335 e. The summed E-state index contributed by atoms with van der Waals surface area (Å²) >= 11 is 0. The molecule has 0 heterocycles. The van der Waals surface area contributed by atoms with E-state index in [0.717, 1.165) is 59.4 Å². The predicted molar refractivity (Wildman–Crippen MR) is 239 cm³/mol. The third-order valence-electron chi connectivity index (χ3n) is 11.1. The van der Waals surface area contributed by atoms with Gasteiger partial charge in [0.1, 0.15) is 23.7 Å². The van der Waals surface area contributed by atoms with Crippen molar-refractivity contribution in [1.29, 1.82) is 0 Å². The van der Waals surface area contributed by atoms with E-state index in [1.54, 1.807) is 48.5 Å². The molecule has 0 radical (unpaired) electrons. The molecule has 4 aromatic rings. The van der Waals surface area contributed by atoms with E-state index in [-0.39, 0.29) is 11.1 Å². The summed E-state index contributed by atoms with van der Waals surface area (Å²) in [5.74, 6) is -0.410. The minimum absolute atomic E-state index is 0.192. The van der Waals surface area contributed by atoms with Crippen molar-refractivity contribution in [3.05, 3.63) is 130 Å². The van der Waals surface area contributed by atoms with Crippen LogP contribution in [0.15, 0.2) is 97.1 Å². The highest BCUT2D eigenvalue weighted by Gasteiger charge is 2.24. The second kappa shape index (κ2) is 28.0. The van der Waals surface area contributed by atoms with Crippen molar-refractivity contribution in [3.63, 3.8) is 0 Å². The Kier molecular flexibility index (Phi) is 22.3. The summed E-state index contributed by atoms with van der Waals surface area (Å²) in [4.78, 5) is 23.5. The molecule has 0 aromatic heterocycles. The molecule has 0 bridgehead atoms. The predicted octanol–water partition coefficient (Wildman–Crippen LogP) is 14.6. The standard InChI is InChI=1S/C52H70O7/c1-3-5-7-9-11-13-15-17-19-21-39-57-47-35-31-43(32-36-47)49(41-23-27-45(28-24-41)51(53)54)59-50(42-25-29-46(30-26-42)52(55)56)44-33-37-48(38-34-44)58-40-22-20-18-16-14-12-10-8-6-4-2/h23-38,49-50H,3-22,39-40H2,1-2H3,(H,53,54)(H,55,56). The first kappa shape index (κ1) is 47.1. The van der Waals surface area contributed by atoms with Crippen LogP contribution >= 0.6 is 0 Å². The summed E-state index contributed by atoms with van der Waals surface area (Å²) < 4.78 is 19.3. The van der Waals surface area contributed by atoms with Crippen molar-refractivity contribution >= 4 is 11.9 Å². The van der Waals surface area contributed by atoms with E-state index in [2.05, 4.69) is 13.8 Å². The van der Waals surface area contributed by atoms with Crippen molar-refractivity contribution < 1.29 is 34.0 Å². The molecule has 4 rings (SSSR count). The van der Waals surface area contributed by atoms with Crippen molar-refractivity contribution in [2.24, 2.45) is 0 Å². The third-order valence-corrected chi connectivity index (χ3v) is 11.1. The Hall–Kier alpha value is -4.62. The van der Waals surface area contributed by atoms with E-state index in [9.17, 15) is 19.8 Å². The first-order valence-electron chi connectivity index (χ1n) is 22.7. The second-order valence-corrected chi connectivity index (χ2v) is 15.9. The average molecular weight is 807 g/mol. The van der Waals surface area contributed by atoms with Gasteiger partial charge < -0.3 is 24.4 Å². The summed E-state index contributed by atoms with van der Waals surface area (Å²) in [7, 11) is 0. The van der Waals surface area contributed by atoms with Gasteiger partial charge in [0.05, 0.1) is 24.3 Å². The molecule has 0 fully saturated rings. The molecule has 0 spiro atoms. The number of aromatic carboxylic acids is 2. The maximum atomic E-state index is 11.7. The van der Waals surface area contributed by atoms with Gasteiger partial charge in [-0.1, -0.05) is 178 Å². The SMILES string of the molecule is CCCCCCCCCCCCOc1ccc(C(OC(c2ccc(OCCCCCCCCCCCC)cc2)c2ccc(C(=O)O)cc2)c2ccc(C(=O)O)cc2)cc1. The zero-order valence-electron chi connectivity index (χ0n) is 35.9. The van der Waals surface area contributed by atoms with Gasteiger partial charge in [0.25, 0.3) is 0 Å². The van der Waals surface area contributed by atoms with E-state index in [4.69, 9.17) is 14.2 Å². The molecule has 2 atom stereocenters. The minimum Gasteiger partial charge on any atom is -0.494 e. The molecular formula is C52H70O7. The van der Waals surface area contributed by atoms with Crippen molar-refractivity contribution in [2.45, 2.75) is 154 Å². The molecule has 0 saturated carbocycles. The summed E-state index contributed by atoms with van der Waals surface area (Å²) in [5, 5.41) is 19.2. The zero-order chi connectivity index (χ0) is 41.9. The fraction of sp³-hybridized carbons (Fsp3) is 0.500. The first-order chi connectivity index (χ1) is 28.9. The normalized spacial score (nSPS) is 12.2. The molecule has 0 amide bonds. The van der Waals surface area contributed by atoms with Crippen molar-refractivity contribution in [2.75, 3.05) is 13.2 Å². The molecule has 4 aromatic carbocycles. The maximum absolute atomic E-state index is 11.7. The zero-order valence-corrected chi connectivity index (χ0v) is 35.9. The van der Waals surface area contributed by atoms with Gasteiger partial charge in [-0.15, -0.1) is 0 Å². The Morgan fingerprint density at radius 3 is 0.915 bits per heavy atom. The van der Waals surface area contributed by atoms with Crippen molar-refractivity contribution in [3.8, 4) is 11.5 Å². The first-order valence-corrected chi connectivity index (χ1v) is 22.7. The molecule has 0 aliphatic rings. The molecule has 0 aliphatic heterocycles. The lowest BCUT2D eigenvalue weighted by Crippen LogP contribution is -2.14.